The predicted molar refractivity (Wildman–Crippen MR) is 109 cm³/mol. The number of aryl methyl sites for hydroxylation is 1. The molecule has 27 heavy (non-hydrogen) atoms. The summed E-state index contributed by atoms with van der Waals surface area (Å²) in [6.07, 6.45) is 0. The molecule has 0 spiro atoms. The van der Waals surface area contributed by atoms with Gasteiger partial charge in [0.15, 0.2) is 0 Å². The number of carbonyl (C=O) groups excluding carboxylic acids is 2. The normalized spacial score (nSPS) is 11.6. The molecule has 1 heterocycles. The maximum atomic E-state index is 12.6. The quantitative estimate of drug-likeness (QED) is 0.724. The van der Waals surface area contributed by atoms with Gasteiger partial charge in [0.25, 0.3) is 11.8 Å². The number of fused-ring (bicyclic) bond motifs is 1. The fourth-order valence-electron chi connectivity index (χ4n) is 3.22. The van der Waals surface area contributed by atoms with Gasteiger partial charge in [-0.05, 0) is 54.3 Å². The summed E-state index contributed by atoms with van der Waals surface area (Å²) in [5.74, 6) is -0.627. The zero-order valence-corrected chi connectivity index (χ0v) is 16.2. The number of nitrogens with two attached hydrogens (primary N) is 1. The first-order valence-electron chi connectivity index (χ1n) is 9.05. The molecule has 0 aliphatic carbocycles. The number of rotatable bonds is 4. The van der Waals surface area contributed by atoms with Crippen LogP contribution in [-0.2, 0) is 12.0 Å². The number of nitrogens with one attached hydrogen (secondary N) is 1. The summed E-state index contributed by atoms with van der Waals surface area (Å²) in [7, 11) is 0. The molecular formula is C22H25N3O2. The summed E-state index contributed by atoms with van der Waals surface area (Å²) in [6, 6.07) is 15.0. The molecule has 0 radical (unpaired) electrons. The third-order valence-electron chi connectivity index (χ3n) is 4.74. The highest BCUT2D eigenvalue weighted by Crippen LogP contribution is 2.25. The lowest BCUT2D eigenvalue weighted by atomic mass is 9.87. The van der Waals surface area contributed by atoms with Crippen molar-refractivity contribution in [1.29, 1.82) is 0 Å². The van der Waals surface area contributed by atoms with E-state index in [0.29, 0.717) is 23.5 Å². The Morgan fingerprint density at radius 2 is 1.70 bits per heavy atom. The number of benzene rings is 2. The molecule has 3 N–H and O–H groups in total. The maximum Gasteiger partial charge on any atom is 0.265 e. The largest absolute Gasteiger partial charge is 0.364 e. The lowest BCUT2D eigenvalue weighted by Crippen LogP contribution is -2.16. The molecule has 3 rings (SSSR count). The van der Waals surface area contributed by atoms with Crippen LogP contribution in [0.3, 0.4) is 0 Å². The average Bonchev–Trinajstić information content (AvgIpc) is 2.99. The Kier molecular flexibility index (Phi) is 4.79. The number of primary amides is 1. The maximum absolute atomic E-state index is 12.6. The molecule has 3 aromatic rings. The Morgan fingerprint density at radius 1 is 1.04 bits per heavy atom. The van der Waals surface area contributed by atoms with Gasteiger partial charge >= 0.3 is 0 Å². The molecule has 0 atom stereocenters. The van der Waals surface area contributed by atoms with Crippen molar-refractivity contribution in [2.45, 2.75) is 39.7 Å². The van der Waals surface area contributed by atoms with E-state index in [2.05, 4.69) is 26.1 Å². The Balaban J connectivity index is 1.86. The molecule has 5 heteroatoms. The number of aromatic nitrogens is 1. The monoisotopic (exact) mass is 363 g/mol. The van der Waals surface area contributed by atoms with Crippen molar-refractivity contribution in [2.24, 2.45) is 5.73 Å². The van der Waals surface area contributed by atoms with Crippen LogP contribution in [0.5, 0.6) is 0 Å². The van der Waals surface area contributed by atoms with E-state index in [1.165, 1.54) is 5.56 Å². The molecular weight excluding hydrogens is 338 g/mol. The molecule has 1 aromatic heterocycles. The molecule has 0 unspecified atom stereocenters. The number of hydrogen-bond donors (Lipinski definition) is 2. The van der Waals surface area contributed by atoms with Crippen LogP contribution < -0.4 is 11.1 Å². The number of nitrogens with zero attached hydrogens (tertiary/aromatic N) is 1. The van der Waals surface area contributed by atoms with Crippen LogP contribution in [0.1, 0.15) is 54.1 Å². The minimum absolute atomic E-state index is 0.0462. The van der Waals surface area contributed by atoms with Crippen molar-refractivity contribution in [3.8, 4) is 0 Å². The molecule has 0 saturated heterocycles. The SMILES string of the molecule is CCn1c(C(N)=O)cc2cc(NC(=O)c3ccc(C(C)(C)C)cc3)ccc21. The smallest absolute Gasteiger partial charge is 0.265 e. The zero-order chi connectivity index (χ0) is 19.8. The molecule has 0 aliphatic heterocycles. The Hall–Kier alpha value is -3.08. The third kappa shape index (κ3) is 3.72. The number of anilines is 1. The first kappa shape index (κ1) is 18.7. The Bertz CT molecular complexity index is 1010. The lowest BCUT2D eigenvalue weighted by Gasteiger charge is -2.19. The summed E-state index contributed by atoms with van der Waals surface area (Å²) in [5, 5.41) is 3.79. The first-order valence-corrected chi connectivity index (χ1v) is 9.05. The first-order chi connectivity index (χ1) is 12.7. The zero-order valence-electron chi connectivity index (χ0n) is 16.2. The predicted octanol–water partition coefficient (Wildman–Crippen LogP) is 4.31. The Morgan fingerprint density at radius 3 is 2.26 bits per heavy atom. The van der Waals surface area contributed by atoms with Gasteiger partial charge in [-0.15, -0.1) is 0 Å². The average molecular weight is 363 g/mol. The third-order valence-corrected chi connectivity index (χ3v) is 4.74. The standard InChI is InChI=1S/C22H25N3O2/c1-5-25-18-11-10-17(12-15(18)13-19(25)20(23)26)24-21(27)14-6-8-16(9-7-14)22(2,3)4/h6-13H,5H2,1-4H3,(H2,23,26)(H,24,27). The van der Waals surface area contributed by atoms with Gasteiger partial charge in [-0.25, -0.2) is 0 Å². The van der Waals surface area contributed by atoms with Crippen molar-refractivity contribution >= 4 is 28.4 Å². The van der Waals surface area contributed by atoms with Crippen LogP contribution in [0.15, 0.2) is 48.5 Å². The van der Waals surface area contributed by atoms with Crippen LogP contribution in [0.25, 0.3) is 10.9 Å². The summed E-state index contributed by atoms with van der Waals surface area (Å²) < 4.78 is 1.87. The van der Waals surface area contributed by atoms with Gasteiger partial charge in [0.2, 0.25) is 0 Å². The van der Waals surface area contributed by atoms with Crippen LogP contribution >= 0.6 is 0 Å². The summed E-state index contributed by atoms with van der Waals surface area (Å²) in [6.45, 7) is 9.02. The topological polar surface area (TPSA) is 77.1 Å². The molecule has 0 aliphatic rings. The minimum atomic E-state index is -0.461. The van der Waals surface area contributed by atoms with Gasteiger partial charge in [-0.1, -0.05) is 32.9 Å². The lowest BCUT2D eigenvalue weighted by molar-refractivity contribution is 0.0990. The van der Waals surface area contributed by atoms with E-state index in [1.807, 2.05) is 54.0 Å². The number of amides is 2. The molecule has 5 nitrogen and oxygen atoms in total. The van der Waals surface area contributed by atoms with E-state index < -0.39 is 5.91 Å². The van der Waals surface area contributed by atoms with Gasteiger partial charge in [-0.2, -0.15) is 0 Å². The molecule has 0 fully saturated rings. The van der Waals surface area contributed by atoms with E-state index in [9.17, 15) is 9.59 Å². The van der Waals surface area contributed by atoms with Crippen LogP contribution in [-0.4, -0.2) is 16.4 Å². The van der Waals surface area contributed by atoms with Crippen LogP contribution in [0.4, 0.5) is 5.69 Å². The molecule has 0 bridgehead atoms. The molecule has 140 valence electrons. The van der Waals surface area contributed by atoms with Gasteiger partial charge in [0.05, 0.1) is 0 Å². The molecule has 0 saturated carbocycles. The highest BCUT2D eigenvalue weighted by Gasteiger charge is 2.15. The number of hydrogen-bond acceptors (Lipinski definition) is 2. The van der Waals surface area contributed by atoms with Crippen LogP contribution in [0.2, 0.25) is 0 Å². The highest BCUT2D eigenvalue weighted by atomic mass is 16.2. The Labute approximate surface area is 159 Å². The fraction of sp³-hybridized carbons (Fsp3) is 0.273. The van der Waals surface area contributed by atoms with Gasteiger partial charge in [0.1, 0.15) is 5.69 Å². The molecule has 2 aromatic carbocycles. The van der Waals surface area contributed by atoms with Crippen molar-refractivity contribution < 1.29 is 9.59 Å². The summed E-state index contributed by atoms with van der Waals surface area (Å²) in [4.78, 5) is 24.2. The second-order valence-corrected chi connectivity index (χ2v) is 7.69. The minimum Gasteiger partial charge on any atom is -0.364 e. The second kappa shape index (κ2) is 6.91. The fourth-order valence-corrected chi connectivity index (χ4v) is 3.22. The van der Waals surface area contributed by atoms with Gasteiger partial charge < -0.3 is 15.6 Å². The van der Waals surface area contributed by atoms with Gasteiger partial charge in [-0.3, -0.25) is 9.59 Å². The van der Waals surface area contributed by atoms with Crippen molar-refractivity contribution in [2.75, 3.05) is 5.32 Å². The summed E-state index contributed by atoms with van der Waals surface area (Å²) in [5.41, 5.74) is 9.35. The number of carbonyl (C=O) groups is 2. The van der Waals surface area contributed by atoms with Gasteiger partial charge in [0, 0.05) is 28.7 Å². The van der Waals surface area contributed by atoms with E-state index in [4.69, 9.17) is 5.73 Å². The molecule has 2 amide bonds. The van der Waals surface area contributed by atoms with E-state index in [1.54, 1.807) is 6.07 Å². The highest BCUT2D eigenvalue weighted by molar-refractivity contribution is 6.05. The van der Waals surface area contributed by atoms with E-state index in [-0.39, 0.29) is 11.3 Å². The second-order valence-electron chi connectivity index (χ2n) is 7.69. The van der Waals surface area contributed by atoms with Crippen LogP contribution in [0, 0.1) is 0 Å². The van der Waals surface area contributed by atoms with Crippen molar-refractivity contribution in [3.63, 3.8) is 0 Å². The van der Waals surface area contributed by atoms with E-state index in [0.717, 1.165) is 10.9 Å². The van der Waals surface area contributed by atoms with Crippen molar-refractivity contribution in [1.82, 2.24) is 4.57 Å². The summed E-state index contributed by atoms with van der Waals surface area (Å²) >= 11 is 0. The van der Waals surface area contributed by atoms with Crippen molar-refractivity contribution in [3.05, 3.63) is 65.4 Å². The van der Waals surface area contributed by atoms with E-state index >= 15 is 0 Å².